The van der Waals surface area contributed by atoms with Gasteiger partial charge in [0, 0.05) is 0 Å². The third-order valence-corrected chi connectivity index (χ3v) is 3.95. The fourth-order valence-corrected chi connectivity index (χ4v) is 2.58. The Hall–Kier alpha value is -2.29. The number of methoxy groups -OCH3 is 1. The molecule has 0 saturated carbocycles. The molecule has 1 unspecified atom stereocenters. The predicted octanol–water partition coefficient (Wildman–Crippen LogP) is 3.98. The third kappa shape index (κ3) is 3.67. The standard InChI is InChI=1S/C19H22O3/c1-4-14-7-10-18(22-3)16(11-14)12-17(19(20)21)15-8-5-13(2)6-9-15/h5-11,17H,4,12H2,1-3H3,(H,20,21). The van der Waals surface area contributed by atoms with Crippen LogP contribution in [0.1, 0.15) is 35.1 Å². The van der Waals surface area contributed by atoms with Crippen LogP contribution in [0.4, 0.5) is 0 Å². The summed E-state index contributed by atoms with van der Waals surface area (Å²) in [6.07, 6.45) is 1.34. The zero-order valence-electron chi connectivity index (χ0n) is 13.3. The highest BCUT2D eigenvalue weighted by molar-refractivity contribution is 5.76. The molecule has 0 aliphatic carbocycles. The number of hydrogen-bond acceptors (Lipinski definition) is 2. The second-order valence-corrected chi connectivity index (χ2v) is 5.51. The highest BCUT2D eigenvalue weighted by Crippen LogP contribution is 2.28. The lowest BCUT2D eigenvalue weighted by molar-refractivity contribution is -0.138. The monoisotopic (exact) mass is 298 g/mol. The second kappa shape index (κ2) is 7.12. The first-order chi connectivity index (χ1) is 10.5. The van der Waals surface area contributed by atoms with Crippen molar-refractivity contribution in [3.8, 4) is 5.75 Å². The van der Waals surface area contributed by atoms with Crippen molar-refractivity contribution in [1.82, 2.24) is 0 Å². The smallest absolute Gasteiger partial charge is 0.311 e. The Kier molecular flexibility index (Phi) is 5.21. The summed E-state index contributed by atoms with van der Waals surface area (Å²) < 4.78 is 5.39. The van der Waals surface area contributed by atoms with Gasteiger partial charge in [-0.2, -0.15) is 0 Å². The summed E-state index contributed by atoms with van der Waals surface area (Å²) in [7, 11) is 1.62. The summed E-state index contributed by atoms with van der Waals surface area (Å²) in [5.41, 5.74) is 4.07. The van der Waals surface area contributed by atoms with Crippen molar-refractivity contribution in [2.45, 2.75) is 32.6 Å². The van der Waals surface area contributed by atoms with Crippen LogP contribution in [0.5, 0.6) is 5.75 Å². The lowest BCUT2D eigenvalue weighted by Crippen LogP contribution is -2.15. The van der Waals surface area contributed by atoms with Gasteiger partial charge in [-0.3, -0.25) is 4.79 Å². The molecule has 2 aromatic carbocycles. The van der Waals surface area contributed by atoms with E-state index in [0.29, 0.717) is 6.42 Å². The third-order valence-electron chi connectivity index (χ3n) is 3.95. The average Bonchev–Trinajstić information content (AvgIpc) is 2.53. The molecule has 0 aliphatic rings. The van der Waals surface area contributed by atoms with E-state index >= 15 is 0 Å². The molecular weight excluding hydrogens is 276 g/mol. The summed E-state index contributed by atoms with van der Waals surface area (Å²) >= 11 is 0. The van der Waals surface area contributed by atoms with Crippen LogP contribution in [-0.4, -0.2) is 18.2 Å². The molecule has 0 aromatic heterocycles. The Morgan fingerprint density at radius 3 is 2.41 bits per heavy atom. The number of benzene rings is 2. The molecule has 0 spiro atoms. The minimum atomic E-state index is -0.812. The minimum Gasteiger partial charge on any atom is -0.496 e. The lowest BCUT2D eigenvalue weighted by atomic mass is 9.90. The Bertz CT molecular complexity index is 644. The zero-order valence-corrected chi connectivity index (χ0v) is 13.3. The number of ether oxygens (including phenoxy) is 1. The molecule has 3 nitrogen and oxygen atoms in total. The first-order valence-corrected chi connectivity index (χ1v) is 7.50. The maximum absolute atomic E-state index is 11.7. The van der Waals surface area contributed by atoms with Crippen molar-refractivity contribution in [3.63, 3.8) is 0 Å². The molecule has 0 bridgehead atoms. The van der Waals surface area contributed by atoms with Gasteiger partial charge < -0.3 is 9.84 Å². The fourth-order valence-electron chi connectivity index (χ4n) is 2.58. The Balaban J connectivity index is 2.35. The van der Waals surface area contributed by atoms with E-state index in [-0.39, 0.29) is 0 Å². The summed E-state index contributed by atoms with van der Waals surface area (Å²) in [6.45, 7) is 4.08. The maximum atomic E-state index is 11.7. The number of aryl methyl sites for hydroxylation is 2. The topological polar surface area (TPSA) is 46.5 Å². The predicted molar refractivity (Wildman–Crippen MR) is 87.6 cm³/mol. The van der Waals surface area contributed by atoms with E-state index in [1.54, 1.807) is 7.11 Å². The molecule has 0 heterocycles. The Labute approximate surface area is 131 Å². The molecule has 116 valence electrons. The first-order valence-electron chi connectivity index (χ1n) is 7.50. The van der Waals surface area contributed by atoms with E-state index in [1.807, 2.05) is 49.4 Å². The van der Waals surface area contributed by atoms with Gasteiger partial charge in [0.1, 0.15) is 5.75 Å². The van der Waals surface area contributed by atoms with Gasteiger partial charge >= 0.3 is 5.97 Å². The number of carbonyl (C=O) groups is 1. The van der Waals surface area contributed by atoms with Crippen LogP contribution >= 0.6 is 0 Å². The van der Waals surface area contributed by atoms with Crippen LogP contribution < -0.4 is 4.74 Å². The van der Waals surface area contributed by atoms with Crippen molar-refractivity contribution in [2.24, 2.45) is 0 Å². The van der Waals surface area contributed by atoms with Crippen molar-refractivity contribution < 1.29 is 14.6 Å². The van der Waals surface area contributed by atoms with Crippen molar-refractivity contribution >= 4 is 5.97 Å². The van der Waals surface area contributed by atoms with E-state index < -0.39 is 11.9 Å². The normalized spacial score (nSPS) is 12.0. The number of carboxylic acids is 1. The van der Waals surface area contributed by atoms with Gasteiger partial charge in [-0.25, -0.2) is 0 Å². The van der Waals surface area contributed by atoms with Crippen LogP contribution in [0.15, 0.2) is 42.5 Å². The molecule has 1 N–H and O–H groups in total. The van der Waals surface area contributed by atoms with Gasteiger partial charge in [-0.05, 0) is 42.5 Å². The molecular formula is C19H22O3. The summed E-state index contributed by atoms with van der Waals surface area (Å²) in [5, 5.41) is 9.61. The SMILES string of the molecule is CCc1ccc(OC)c(CC(C(=O)O)c2ccc(C)cc2)c1. The second-order valence-electron chi connectivity index (χ2n) is 5.51. The van der Waals surface area contributed by atoms with Crippen LogP contribution in [0.2, 0.25) is 0 Å². The van der Waals surface area contributed by atoms with Crippen LogP contribution in [0, 0.1) is 6.92 Å². The first kappa shape index (κ1) is 16.1. The summed E-state index contributed by atoms with van der Waals surface area (Å²) in [6, 6.07) is 13.7. The van der Waals surface area contributed by atoms with Gasteiger partial charge in [-0.15, -0.1) is 0 Å². The summed E-state index contributed by atoms with van der Waals surface area (Å²) in [4.78, 5) is 11.7. The van der Waals surface area contributed by atoms with E-state index in [1.165, 1.54) is 5.56 Å². The molecule has 0 radical (unpaired) electrons. The van der Waals surface area contributed by atoms with Gasteiger partial charge in [0.2, 0.25) is 0 Å². The number of rotatable bonds is 6. The molecule has 1 atom stereocenters. The Morgan fingerprint density at radius 1 is 1.18 bits per heavy atom. The van der Waals surface area contributed by atoms with E-state index in [4.69, 9.17) is 4.74 Å². The van der Waals surface area contributed by atoms with Crippen molar-refractivity contribution in [1.29, 1.82) is 0 Å². The molecule has 22 heavy (non-hydrogen) atoms. The molecule has 2 aromatic rings. The molecule has 0 amide bonds. The fraction of sp³-hybridized carbons (Fsp3) is 0.316. The van der Waals surface area contributed by atoms with E-state index in [2.05, 4.69) is 6.92 Å². The van der Waals surface area contributed by atoms with Crippen LogP contribution in [0.25, 0.3) is 0 Å². The van der Waals surface area contributed by atoms with Gasteiger partial charge in [0.25, 0.3) is 0 Å². The highest BCUT2D eigenvalue weighted by atomic mass is 16.5. The van der Waals surface area contributed by atoms with Gasteiger partial charge in [-0.1, -0.05) is 48.9 Å². The van der Waals surface area contributed by atoms with Crippen LogP contribution in [0.3, 0.4) is 0 Å². The van der Waals surface area contributed by atoms with E-state index in [9.17, 15) is 9.90 Å². The largest absolute Gasteiger partial charge is 0.496 e. The zero-order chi connectivity index (χ0) is 16.1. The van der Waals surface area contributed by atoms with Crippen LogP contribution in [-0.2, 0) is 17.6 Å². The van der Waals surface area contributed by atoms with Gasteiger partial charge in [0.05, 0.1) is 13.0 Å². The average molecular weight is 298 g/mol. The molecule has 3 heteroatoms. The minimum absolute atomic E-state index is 0.426. The maximum Gasteiger partial charge on any atom is 0.311 e. The van der Waals surface area contributed by atoms with E-state index in [0.717, 1.165) is 28.9 Å². The van der Waals surface area contributed by atoms with Gasteiger partial charge in [0.15, 0.2) is 0 Å². The number of hydrogen-bond donors (Lipinski definition) is 1. The molecule has 0 saturated heterocycles. The number of aliphatic carboxylic acids is 1. The molecule has 0 fully saturated rings. The quantitative estimate of drug-likeness (QED) is 0.877. The molecule has 0 aliphatic heterocycles. The van der Waals surface area contributed by atoms with Crippen molar-refractivity contribution in [2.75, 3.05) is 7.11 Å². The highest BCUT2D eigenvalue weighted by Gasteiger charge is 2.22. The Morgan fingerprint density at radius 2 is 1.86 bits per heavy atom. The molecule has 2 rings (SSSR count). The van der Waals surface area contributed by atoms with Crippen molar-refractivity contribution in [3.05, 3.63) is 64.7 Å². The number of carboxylic acid groups (broad SMARTS) is 1. The lowest BCUT2D eigenvalue weighted by Gasteiger charge is -2.16. The summed E-state index contributed by atoms with van der Waals surface area (Å²) in [5.74, 6) is -0.634.